The van der Waals surface area contributed by atoms with Crippen LogP contribution in [0.1, 0.15) is 5.82 Å². The molecule has 7 heteroatoms. The van der Waals surface area contributed by atoms with Gasteiger partial charge in [-0.05, 0) is 48.9 Å². The molecule has 158 valence electrons. The van der Waals surface area contributed by atoms with Gasteiger partial charge in [-0.2, -0.15) is 5.10 Å². The van der Waals surface area contributed by atoms with E-state index in [1.807, 2.05) is 80.0 Å². The maximum atomic E-state index is 4.87. The van der Waals surface area contributed by atoms with E-state index in [1.165, 1.54) is 0 Å². The van der Waals surface area contributed by atoms with E-state index in [1.54, 1.807) is 11.0 Å². The highest BCUT2D eigenvalue weighted by Gasteiger charge is 2.11. The van der Waals surface area contributed by atoms with E-state index in [0.29, 0.717) is 5.95 Å². The Bertz CT molecular complexity index is 1600. The highest BCUT2D eigenvalue weighted by Crippen LogP contribution is 2.32. The van der Waals surface area contributed by atoms with E-state index >= 15 is 0 Å². The number of aryl methyl sites for hydroxylation is 1. The van der Waals surface area contributed by atoms with E-state index in [2.05, 4.69) is 37.5 Å². The Balaban J connectivity index is 1.38. The van der Waals surface area contributed by atoms with Gasteiger partial charge in [0.05, 0.1) is 16.7 Å². The summed E-state index contributed by atoms with van der Waals surface area (Å²) in [7, 11) is 0. The fraction of sp³-hybridized carbons (Fsp3) is 0.0385. The lowest BCUT2D eigenvalue weighted by Gasteiger charge is -2.11. The summed E-state index contributed by atoms with van der Waals surface area (Å²) < 4.78 is 1.75. The largest absolute Gasteiger partial charge is 0.324 e. The Morgan fingerprint density at radius 3 is 2.52 bits per heavy atom. The molecule has 1 N–H and O–H groups in total. The summed E-state index contributed by atoms with van der Waals surface area (Å²) in [5.41, 5.74) is 5.83. The van der Waals surface area contributed by atoms with Gasteiger partial charge >= 0.3 is 0 Å². The van der Waals surface area contributed by atoms with Gasteiger partial charge in [0.25, 0.3) is 0 Å². The second-order valence-electron chi connectivity index (χ2n) is 7.72. The van der Waals surface area contributed by atoms with Crippen LogP contribution in [0.4, 0.5) is 11.6 Å². The predicted molar refractivity (Wildman–Crippen MR) is 130 cm³/mol. The summed E-state index contributed by atoms with van der Waals surface area (Å²) >= 11 is 0. The molecule has 3 heterocycles. The molecule has 3 aromatic carbocycles. The minimum absolute atomic E-state index is 0.540. The van der Waals surface area contributed by atoms with E-state index in [4.69, 9.17) is 4.98 Å². The Morgan fingerprint density at radius 1 is 0.788 bits per heavy atom. The molecule has 6 rings (SSSR count). The number of nitrogens with one attached hydrogen (secondary N) is 1. The number of rotatable bonds is 4. The van der Waals surface area contributed by atoms with Crippen LogP contribution in [0, 0.1) is 6.92 Å². The lowest BCUT2D eigenvalue weighted by Crippen LogP contribution is -1.99. The van der Waals surface area contributed by atoms with Gasteiger partial charge in [-0.15, -0.1) is 0 Å². The molecule has 0 unspecified atom stereocenters. The molecule has 0 amide bonds. The molecule has 0 spiro atoms. The standard InChI is InChI=1S/C26H19N7/c1-17-29-16-33(32-17)20-11-9-19(10-12-20)30-26-28-15-18-5-4-7-23(25(18)31-26)21-13-14-27-24-8-3-2-6-22(21)24/h2-16H,1H3,(H,28,30,31). The first-order valence-corrected chi connectivity index (χ1v) is 10.6. The highest BCUT2D eigenvalue weighted by atomic mass is 15.3. The first-order chi connectivity index (χ1) is 16.2. The zero-order valence-corrected chi connectivity index (χ0v) is 17.8. The van der Waals surface area contributed by atoms with Crippen LogP contribution >= 0.6 is 0 Å². The van der Waals surface area contributed by atoms with Crippen molar-refractivity contribution in [1.82, 2.24) is 29.7 Å². The molecular formula is C26H19N7. The van der Waals surface area contributed by atoms with Gasteiger partial charge in [-0.1, -0.05) is 36.4 Å². The van der Waals surface area contributed by atoms with Crippen molar-refractivity contribution in [3.05, 3.63) is 97.3 Å². The number of pyridine rings is 1. The molecule has 0 aliphatic rings. The van der Waals surface area contributed by atoms with Crippen molar-refractivity contribution in [3.63, 3.8) is 0 Å². The van der Waals surface area contributed by atoms with Gasteiger partial charge in [-0.3, -0.25) is 4.98 Å². The Hall–Kier alpha value is -4.65. The van der Waals surface area contributed by atoms with E-state index in [0.717, 1.165) is 50.1 Å². The Morgan fingerprint density at radius 2 is 1.67 bits per heavy atom. The van der Waals surface area contributed by atoms with Crippen molar-refractivity contribution in [2.45, 2.75) is 6.92 Å². The van der Waals surface area contributed by atoms with Crippen molar-refractivity contribution < 1.29 is 0 Å². The van der Waals surface area contributed by atoms with Crippen LogP contribution in [0.25, 0.3) is 38.6 Å². The van der Waals surface area contributed by atoms with Gasteiger partial charge in [0.15, 0.2) is 0 Å². The zero-order chi connectivity index (χ0) is 22.2. The monoisotopic (exact) mass is 429 g/mol. The first-order valence-electron chi connectivity index (χ1n) is 10.6. The van der Waals surface area contributed by atoms with Crippen molar-refractivity contribution in [1.29, 1.82) is 0 Å². The molecule has 0 atom stereocenters. The molecule has 0 fully saturated rings. The third-order valence-electron chi connectivity index (χ3n) is 5.54. The molecule has 0 saturated heterocycles. The fourth-order valence-electron chi connectivity index (χ4n) is 3.96. The smallest absolute Gasteiger partial charge is 0.227 e. The average molecular weight is 429 g/mol. The summed E-state index contributed by atoms with van der Waals surface area (Å²) in [5, 5.41) is 9.74. The molecular weight excluding hydrogens is 410 g/mol. The molecule has 33 heavy (non-hydrogen) atoms. The molecule has 3 aromatic heterocycles. The number of hydrogen-bond acceptors (Lipinski definition) is 6. The lowest BCUT2D eigenvalue weighted by molar-refractivity contribution is 0.863. The predicted octanol–water partition coefficient (Wildman–Crippen LogP) is 5.48. The summed E-state index contributed by atoms with van der Waals surface area (Å²) in [6.45, 7) is 1.87. The minimum Gasteiger partial charge on any atom is -0.324 e. The van der Waals surface area contributed by atoms with Crippen molar-refractivity contribution in [3.8, 4) is 16.8 Å². The second kappa shape index (κ2) is 7.80. The topological polar surface area (TPSA) is 81.4 Å². The van der Waals surface area contributed by atoms with Crippen molar-refractivity contribution in [2.24, 2.45) is 0 Å². The lowest BCUT2D eigenvalue weighted by atomic mass is 9.99. The maximum absolute atomic E-state index is 4.87. The van der Waals surface area contributed by atoms with Gasteiger partial charge < -0.3 is 5.32 Å². The maximum Gasteiger partial charge on any atom is 0.227 e. The van der Waals surface area contributed by atoms with Crippen LogP contribution in [-0.4, -0.2) is 29.7 Å². The molecule has 0 aliphatic carbocycles. The van der Waals surface area contributed by atoms with E-state index in [-0.39, 0.29) is 0 Å². The normalized spacial score (nSPS) is 11.2. The number of para-hydroxylation sites is 2. The molecule has 0 bridgehead atoms. The summed E-state index contributed by atoms with van der Waals surface area (Å²) in [5.74, 6) is 1.28. The summed E-state index contributed by atoms with van der Waals surface area (Å²) in [4.78, 5) is 18.1. The quantitative estimate of drug-likeness (QED) is 0.400. The summed E-state index contributed by atoms with van der Waals surface area (Å²) in [6, 6.07) is 24.3. The third-order valence-corrected chi connectivity index (χ3v) is 5.54. The van der Waals surface area contributed by atoms with Gasteiger partial charge in [0, 0.05) is 34.4 Å². The van der Waals surface area contributed by atoms with Crippen molar-refractivity contribution in [2.75, 3.05) is 5.32 Å². The average Bonchev–Trinajstić information content (AvgIpc) is 3.30. The molecule has 0 aliphatic heterocycles. The highest BCUT2D eigenvalue weighted by molar-refractivity contribution is 6.02. The fourth-order valence-corrected chi connectivity index (χ4v) is 3.96. The Labute approximate surface area is 189 Å². The van der Waals surface area contributed by atoms with Gasteiger partial charge in [-0.25, -0.2) is 19.6 Å². The SMILES string of the molecule is Cc1ncn(-c2ccc(Nc3ncc4cccc(-c5ccnc6ccccc56)c4n3)cc2)n1. The summed E-state index contributed by atoms with van der Waals surface area (Å²) in [6.07, 6.45) is 5.40. The Kier molecular flexibility index (Phi) is 4.51. The molecule has 6 aromatic rings. The number of fused-ring (bicyclic) bond motifs is 2. The zero-order valence-electron chi connectivity index (χ0n) is 17.8. The first kappa shape index (κ1) is 19.1. The van der Waals surface area contributed by atoms with Crippen LogP contribution < -0.4 is 5.32 Å². The third kappa shape index (κ3) is 3.55. The number of benzene rings is 3. The van der Waals surface area contributed by atoms with Crippen LogP contribution in [0.15, 0.2) is 91.5 Å². The molecule has 0 saturated carbocycles. The van der Waals surface area contributed by atoms with Gasteiger partial charge in [0.1, 0.15) is 12.2 Å². The van der Waals surface area contributed by atoms with Gasteiger partial charge in [0.2, 0.25) is 5.95 Å². The van der Waals surface area contributed by atoms with E-state index in [9.17, 15) is 0 Å². The number of aromatic nitrogens is 6. The van der Waals surface area contributed by atoms with Crippen molar-refractivity contribution >= 4 is 33.4 Å². The number of anilines is 2. The number of nitrogens with zero attached hydrogens (tertiary/aromatic N) is 6. The van der Waals surface area contributed by atoms with Crippen LogP contribution in [0.3, 0.4) is 0 Å². The molecule has 0 radical (unpaired) electrons. The minimum atomic E-state index is 0.540. The van der Waals surface area contributed by atoms with Crippen LogP contribution in [-0.2, 0) is 0 Å². The van der Waals surface area contributed by atoms with Crippen LogP contribution in [0.2, 0.25) is 0 Å². The second-order valence-corrected chi connectivity index (χ2v) is 7.72. The van der Waals surface area contributed by atoms with Crippen LogP contribution in [0.5, 0.6) is 0 Å². The number of hydrogen-bond donors (Lipinski definition) is 1. The van der Waals surface area contributed by atoms with E-state index < -0.39 is 0 Å². The molecule has 7 nitrogen and oxygen atoms in total.